The first-order valence-corrected chi connectivity index (χ1v) is 5.50. The number of rotatable bonds is 4. The molecule has 0 amide bonds. The minimum absolute atomic E-state index is 0.0243. The summed E-state index contributed by atoms with van der Waals surface area (Å²) in [5.74, 6) is 0.619. The van der Waals surface area contributed by atoms with Crippen molar-refractivity contribution in [2.24, 2.45) is 10.2 Å². The normalized spacial score (nSPS) is 10.6. The van der Waals surface area contributed by atoms with Gasteiger partial charge in [-0.1, -0.05) is 12.1 Å². The van der Waals surface area contributed by atoms with Gasteiger partial charge in [-0.05, 0) is 24.3 Å². The van der Waals surface area contributed by atoms with Gasteiger partial charge in [-0.2, -0.15) is 5.11 Å². The van der Waals surface area contributed by atoms with Gasteiger partial charge in [0.15, 0.2) is 0 Å². The van der Waals surface area contributed by atoms with E-state index >= 15 is 0 Å². The highest BCUT2D eigenvalue weighted by molar-refractivity contribution is 5.51. The molecule has 0 spiro atoms. The first-order valence-electron chi connectivity index (χ1n) is 5.50. The molecule has 0 N–H and O–H groups in total. The number of methoxy groups -OCH3 is 1. The van der Waals surface area contributed by atoms with E-state index in [-0.39, 0.29) is 5.69 Å². The Hall–Kier alpha value is -2.76. The van der Waals surface area contributed by atoms with Gasteiger partial charge < -0.3 is 4.74 Å². The molecule has 2 aromatic rings. The minimum Gasteiger partial charge on any atom is -0.494 e. The molecule has 0 atom stereocenters. The molecule has 0 heterocycles. The largest absolute Gasteiger partial charge is 0.494 e. The lowest BCUT2D eigenvalue weighted by Crippen LogP contribution is -1.85. The Morgan fingerprint density at radius 3 is 2.37 bits per heavy atom. The third-order valence-corrected chi connectivity index (χ3v) is 2.42. The van der Waals surface area contributed by atoms with Crippen LogP contribution in [0, 0.1) is 10.1 Å². The van der Waals surface area contributed by atoms with Gasteiger partial charge >= 0.3 is 0 Å². The molecule has 6 heteroatoms. The average Bonchev–Trinajstić information content (AvgIpc) is 2.45. The molecular formula is C13H11N3O3. The molecule has 0 bridgehead atoms. The summed E-state index contributed by atoms with van der Waals surface area (Å²) in [5.41, 5.74) is 1.16. The van der Waals surface area contributed by atoms with E-state index in [1.54, 1.807) is 19.2 Å². The zero-order valence-electron chi connectivity index (χ0n) is 10.2. The molecule has 0 fully saturated rings. The first kappa shape index (κ1) is 12.7. The van der Waals surface area contributed by atoms with Crippen LogP contribution in [0.3, 0.4) is 0 Å². The van der Waals surface area contributed by atoms with E-state index in [4.69, 9.17) is 4.74 Å². The summed E-state index contributed by atoms with van der Waals surface area (Å²) >= 11 is 0. The lowest BCUT2D eigenvalue weighted by atomic mass is 10.3. The predicted molar refractivity (Wildman–Crippen MR) is 70.3 cm³/mol. The molecule has 0 saturated carbocycles. The first-order chi connectivity index (χ1) is 9.20. The zero-order valence-corrected chi connectivity index (χ0v) is 10.2. The number of nitro groups is 1. The van der Waals surface area contributed by atoms with Gasteiger partial charge in [-0.15, -0.1) is 5.11 Å². The Morgan fingerprint density at radius 2 is 1.74 bits per heavy atom. The molecule has 0 aliphatic carbocycles. The number of nitro benzene ring substituents is 1. The van der Waals surface area contributed by atoms with Gasteiger partial charge in [-0.25, -0.2) is 0 Å². The Bertz CT molecular complexity index is 609. The highest BCUT2D eigenvalue weighted by Crippen LogP contribution is 2.28. The van der Waals surface area contributed by atoms with Crippen LogP contribution in [0.5, 0.6) is 5.75 Å². The van der Waals surface area contributed by atoms with Crippen molar-refractivity contribution < 1.29 is 9.66 Å². The molecule has 0 aromatic heterocycles. The number of para-hydroxylation sites is 1. The standard InChI is InChI=1S/C13H11N3O3/c1-19-13-5-3-2-4-12(13)15-14-10-6-8-11(9-7-10)16(17)18/h2-9H,1H3. The van der Waals surface area contributed by atoms with Crippen molar-refractivity contribution in [3.63, 3.8) is 0 Å². The van der Waals surface area contributed by atoms with Crippen molar-refractivity contribution in [1.29, 1.82) is 0 Å². The maximum absolute atomic E-state index is 10.5. The molecule has 0 saturated heterocycles. The number of hydrogen-bond donors (Lipinski definition) is 0. The fourth-order valence-corrected chi connectivity index (χ4v) is 1.47. The number of benzene rings is 2. The number of hydrogen-bond acceptors (Lipinski definition) is 5. The monoisotopic (exact) mass is 257 g/mol. The van der Waals surface area contributed by atoms with Gasteiger partial charge in [0, 0.05) is 12.1 Å². The summed E-state index contributed by atoms with van der Waals surface area (Å²) in [6.45, 7) is 0. The zero-order chi connectivity index (χ0) is 13.7. The highest BCUT2D eigenvalue weighted by atomic mass is 16.6. The van der Waals surface area contributed by atoms with Crippen molar-refractivity contribution in [2.45, 2.75) is 0 Å². The van der Waals surface area contributed by atoms with Gasteiger partial charge in [0.05, 0.1) is 17.7 Å². The second-order valence-corrected chi connectivity index (χ2v) is 3.65. The fourth-order valence-electron chi connectivity index (χ4n) is 1.47. The van der Waals surface area contributed by atoms with Crippen LogP contribution < -0.4 is 4.74 Å². The van der Waals surface area contributed by atoms with E-state index in [9.17, 15) is 10.1 Å². The fraction of sp³-hybridized carbons (Fsp3) is 0.0769. The van der Waals surface area contributed by atoms with E-state index in [1.807, 2.05) is 12.1 Å². The second-order valence-electron chi connectivity index (χ2n) is 3.65. The number of non-ortho nitro benzene ring substituents is 1. The van der Waals surface area contributed by atoms with Crippen molar-refractivity contribution in [2.75, 3.05) is 7.11 Å². The van der Waals surface area contributed by atoms with Crippen LogP contribution in [-0.2, 0) is 0 Å². The Morgan fingerprint density at radius 1 is 1.05 bits per heavy atom. The third-order valence-electron chi connectivity index (χ3n) is 2.42. The molecule has 6 nitrogen and oxygen atoms in total. The molecule has 2 rings (SSSR count). The van der Waals surface area contributed by atoms with Crippen molar-refractivity contribution in [3.05, 3.63) is 58.6 Å². The van der Waals surface area contributed by atoms with Crippen molar-refractivity contribution in [3.8, 4) is 5.75 Å². The topological polar surface area (TPSA) is 77.1 Å². The van der Waals surface area contributed by atoms with Gasteiger partial charge in [0.1, 0.15) is 11.4 Å². The molecule has 19 heavy (non-hydrogen) atoms. The third kappa shape index (κ3) is 3.12. The molecule has 2 aromatic carbocycles. The van der Waals surface area contributed by atoms with E-state index in [0.717, 1.165) is 0 Å². The summed E-state index contributed by atoms with van der Waals surface area (Å²) in [6.07, 6.45) is 0. The predicted octanol–water partition coefficient (Wildman–Crippen LogP) is 4.02. The Kier molecular flexibility index (Phi) is 3.82. The van der Waals surface area contributed by atoms with Crippen LogP contribution in [0.4, 0.5) is 17.1 Å². The van der Waals surface area contributed by atoms with Crippen LogP contribution in [0.15, 0.2) is 58.8 Å². The molecule has 0 radical (unpaired) electrons. The highest BCUT2D eigenvalue weighted by Gasteiger charge is 2.03. The SMILES string of the molecule is COc1ccccc1N=Nc1ccc([N+](=O)[O-])cc1. The van der Waals surface area contributed by atoms with Gasteiger partial charge in [0.2, 0.25) is 0 Å². The van der Waals surface area contributed by atoms with Crippen LogP contribution in [0.2, 0.25) is 0 Å². The molecule has 0 unspecified atom stereocenters. The lowest BCUT2D eigenvalue weighted by Gasteiger charge is -2.01. The maximum Gasteiger partial charge on any atom is 0.269 e. The molecule has 0 aliphatic rings. The van der Waals surface area contributed by atoms with Crippen LogP contribution >= 0.6 is 0 Å². The van der Waals surface area contributed by atoms with Crippen LogP contribution in [0.1, 0.15) is 0 Å². The van der Waals surface area contributed by atoms with Crippen LogP contribution in [-0.4, -0.2) is 12.0 Å². The smallest absolute Gasteiger partial charge is 0.269 e. The second kappa shape index (κ2) is 5.72. The van der Waals surface area contributed by atoms with Crippen LogP contribution in [0.25, 0.3) is 0 Å². The van der Waals surface area contributed by atoms with Crippen molar-refractivity contribution in [1.82, 2.24) is 0 Å². The molecular weight excluding hydrogens is 246 g/mol. The Labute approximate surface area is 109 Å². The molecule has 0 aliphatic heterocycles. The van der Waals surface area contributed by atoms with Gasteiger partial charge in [-0.3, -0.25) is 10.1 Å². The maximum atomic E-state index is 10.5. The lowest BCUT2D eigenvalue weighted by molar-refractivity contribution is -0.384. The molecule has 96 valence electrons. The Balaban J connectivity index is 2.20. The van der Waals surface area contributed by atoms with E-state index < -0.39 is 4.92 Å². The summed E-state index contributed by atoms with van der Waals surface area (Å²) in [5, 5.41) is 18.6. The van der Waals surface area contributed by atoms with Gasteiger partial charge in [0.25, 0.3) is 5.69 Å². The number of nitrogens with zero attached hydrogens (tertiary/aromatic N) is 3. The van der Waals surface area contributed by atoms with E-state index in [2.05, 4.69) is 10.2 Å². The number of azo groups is 1. The van der Waals surface area contributed by atoms with E-state index in [1.165, 1.54) is 24.3 Å². The van der Waals surface area contributed by atoms with Crippen molar-refractivity contribution >= 4 is 17.1 Å². The quantitative estimate of drug-likeness (QED) is 0.471. The summed E-state index contributed by atoms with van der Waals surface area (Å²) < 4.78 is 5.14. The number of ether oxygens (including phenoxy) is 1. The summed E-state index contributed by atoms with van der Waals surface area (Å²) in [7, 11) is 1.56. The van der Waals surface area contributed by atoms with E-state index in [0.29, 0.717) is 17.1 Å². The average molecular weight is 257 g/mol. The summed E-state index contributed by atoms with van der Waals surface area (Å²) in [4.78, 5) is 10.1. The minimum atomic E-state index is -0.457. The summed E-state index contributed by atoms with van der Waals surface area (Å²) in [6, 6.07) is 13.1.